The largest absolute Gasteiger partial charge is 0.297 e. The smallest absolute Gasteiger partial charge is 0.0278 e. The van der Waals surface area contributed by atoms with Crippen LogP contribution in [-0.2, 0) is 0 Å². The summed E-state index contributed by atoms with van der Waals surface area (Å²) in [4.78, 5) is 2.56. The van der Waals surface area contributed by atoms with Crippen LogP contribution in [0.1, 0.15) is 40.0 Å². The first kappa shape index (κ1) is 13.4. The fourth-order valence-electron chi connectivity index (χ4n) is 1.74. The van der Waals surface area contributed by atoms with Crippen molar-refractivity contribution in [2.24, 2.45) is 0 Å². The Balaban J connectivity index is 4.23. The van der Waals surface area contributed by atoms with Gasteiger partial charge in [0.15, 0.2) is 0 Å². The highest BCUT2D eigenvalue weighted by Crippen LogP contribution is 2.08. The van der Waals surface area contributed by atoms with Crippen molar-refractivity contribution in [3.63, 3.8) is 0 Å². The predicted octanol–water partition coefficient (Wildman–Crippen LogP) is 3.63. The zero-order valence-electron chi connectivity index (χ0n) is 10.00. The van der Waals surface area contributed by atoms with E-state index in [2.05, 4.69) is 44.4 Å². The van der Waals surface area contributed by atoms with Gasteiger partial charge in [-0.25, -0.2) is 0 Å². The Morgan fingerprint density at radius 2 is 1.71 bits per heavy atom. The van der Waals surface area contributed by atoms with Crippen molar-refractivity contribution in [3.05, 3.63) is 24.8 Å². The van der Waals surface area contributed by atoms with Gasteiger partial charge in [-0.15, -0.1) is 0 Å². The molecule has 0 aliphatic rings. The number of rotatable bonds is 8. The van der Waals surface area contributed by atoms with Crippen LogP contribution >= 0.6 is 0 Å². The normalized spacial score (nSPS) is 13.7. The zero-order valence-corrected chi connectivity index (χ0v) is 10.00. The monoisotopic (exact) mass is 195 g/mol. The number of hydrogen-bond acceptors (Lipinski definition) is 1. The Kier molecular flexibility index (Phi) is 8.65. The molecule has 0 radical (unpaired) electrons. The predicted molar refractivity (Wildman–Crippen MR) is 65.6 cm³/mol. The van der Waals surface area contributed by atoms with Gasteiger partial charge < -0.3 is 0 Å². The molecule has 0 heterocycles. The second-order valence-electron chi connectivity index (χ2n) is 3.63. The zero-order chi connectivity index (χ0) is 10.8. The van der Waals surface area contributed by atoms with Crippen molar-refractivity contribution in [2.45, 2.75) is 46.1 Å². The topological polar surface area (TPSA) is 3.24 Å². The van der Waals surface area contributed by atoms with Crippen LogP contribution in [0.5, 0.6) is 0 Å². The van der Waals surface area contributed by atoms with Gasteiger partial charge >= 0.3 is 0 Å². The SMILES string of the molecule is C=C/C=C/C(CC)N(CCC)CCC. The van der Waals surface area contributed by atoms with Crippen LogP contribution in [0, 0.1) is 0 Å². The summed E-state index contributed by atoms with van der Waals surface area (Å²) in [7, 11) is 0. The van der Waals surface area contributed by atoms with Gasteiger partial charge in [0.05, 0.1) is 0 Å². The van der Waals surface area contributed by atoms with E-state index in [1.165, 1.54) is 32.4 Å². The lowest BCUT2D eigenvalue weighted by atomic mass is 10.1. The minimum absolute atomic E-state index is 0.591. The molecule has 0 N–H and O–H groups in total. The molecule has 1 unspecified atom stereocenters. The molecule has 1 nitrogen and oxygen atoms in total. The van der Waals surface area contributed by atoms with Crippen LogP contribution < -0.4 is 0 Å². The highest BCUT2D eigenvalue weighted by Gasteiger charge is 2.11. The van der Waals surface area contributed by atoms with E-state index in [1.807, 2.05) is 6.08 Å². The molecule has 0 fully saturated rings. The quantitative estimate of drug-likeness (QED) is 0.535. The van der Waals surface area contributed by atoms with Crippen molar-refractivity contribution >= 4 is 0 Å². The van der Waals surface area contributed by atoms with Crippen molar-refractivity contribution in [1.82, 2.24) is 4.90 Å². The Morgan fingerprint density at radius 3 is 2.07 bits per heavy atom. The second-order valence-corrected chi connectivity index (χ2v) is 3.63. The van der Waals surface area contributed by atoms with Gasteiger partial charge in [-0.3, -0.25) is 4.90 Å². The van der Waals surface area contributed by atoms with Gasteiger partial charge in [0.1, 0.15) is 0 Å². The van der Waals surface area contributed by atoms with E-state index in [1.54, 1.807) is 0 Å². The summed E-state index contributed by atoms with van der Waals surface area (Å²) >= 11 is 0. The lowest BCUT2D eigenvalue weighted by molar-refractivity contribution is 0.225. The average Bonchev–Trinajstić information content (AvgIpc) is 2.19. The molecule has 0 aromatic carbocycles. The van der Waals surface area contributed by atoms with Crippen LogP contribution in [-0.4, -0.2) is 24.0 Å². The molecule has 1 heteroatoms. The molecule has 0 rings (SSSR count). The molecule has 1 atom stereocenters. The fraction of sp³-hybridized carbons (Fsp3) is 0.692. The minimum Gasteiger partial charge on any atom is -0.297 e. The maximum Gasteiger partial charge on any atom is 0.0278 e. The molecule has 0 aromatic rings. The standard InChI is InChI=1S/C13H25N/c1-5-9-10-13(8-4)14(11-6-2)12-7-3/h5,9-10,13H,1,6-8,11-12H2,2-4H3/b10-9+. The van der Waals surface area contributed by atoms with Crippen molar-refractivity contribution in [3.8, 4) is 0 Å². The van der Waals surface area contributed by atoms with E-state index >= 15 is 0 Å². The molecular formula is C13H25N. The van der Waals surface area contributed by atoms with Gasteiger partial charge in [0.2, 0.25) is 0 Å². The molecule has 0 aliphatic carbocycles. The molecule has 14 heavy (non-hydrogen) atoms. The lowest BCUT2D eigenvalue weighted by Gasteiger charge is -2.28. The Labute approximate surface area is 89.5 Å². The number of allylic oxidation sites excluding steroid dienone is 2. The third-order valence-electron chi connectivity index (χ3n) is 2.38. The summed E-state index contributed by atoms with van der Waals surface area (Å²) in [6.45, 7) is 12.8. The van der Waals surface area contributed by atoms with Crippen molar-refractivity contribution in [2.75, 3.05) is 13.1 Å². The Bertz CT molecular complexity index is 155. The molecule has 0 aliphatic heterocycles. The third kappa shape index (κ3) is 5.23. The van der Waals surface area contributed by atoms with Gasteiger partial charge in [0.25, 0.3) is 0 Å². The van der Waals surface area contributed by atoms with Gasteiger partial charge in [0, 0.05) is 6.04 Å². The van der Waals surface area contributed by atoms with Gasteiger partial charge in [-0.05, 0) is 32.4 Å². The van der Waals surface area contributed by atoms with Crippen LogP contribution in [0.15, 0.2) is 24.8 Å². The first-order valence-electron chi connectivity index (χ1n) is 5.83. The summed E-state index contributed by atoms with van der Waals surface area (Å²) in [6.07, 6.45) is 9.84. The first-order chi connectivity index (χ1) is 6.79. The van der Waals surface area contributed by atoms with Gasteiger partial charge in [-0.2, -0.15) is 0 Å². The molecule has 0 amide bonds. The Hall–Kier alpha value is -0.560. The summed E-state index contributed by atoms with van der Waals surface area (Å²) in [5.74, 6) is 0. The molecule has 0 saturated heterocycles. The molecule has 0 aromatic heterocycles. The van der Waals surface area contributed by atoms with E-state index in [4.69, 9.17) is 0 Å². The van der Waals surface area contributed by atoms with Crippen LogP contribution in [0.4, 0.5) is 0 Å². The third-order valence-corrected chi connectivity index (χ3v) is 2.38. The lowest BCUT2D eigenvalue weighted by Crippen LogP contribution is -2.34. The first-order valence-corrected chi connectivity index (χ1v) is 5.83. The fourth-order valence-corrected chi connectivity index (χ4v) is 1.74. The highest BCUT2D eigenvalue weighted by molar-refractivity contribution is 5.03. The van der Waals surface area contributed by atoms with Crippen LogP contribution in [0.3, 0.4) is 0 Å². The van der Waals surface area contributed by atoms with E-state index in [0.29, 0.717) is 6.04 Å². The van der Waals surface area contributed by atoms with Gasteiger partial charge in [-0.1, -0.05) is 45.6 Å². The van der Waals surface area contributed by atoms with Crippen molar-refractivity contribution in [1.29, 1.82) is 0 Å². The van der Waals surface area contributed by atoms with E-state index in [9.17, 15) is 0 Å². The minimum atomic E-state index is 0.591. The highest BCUT2D eigenvalue weighted by atomic mass is 15.1. The summed E-state index contributed by atoms with van der Waals surface area (Å²) in [6, 6.07) is 0.591. The summed E-state index contributed by atoms with van der Waals surface area (Å²) in [5, 5.41) is 0. The maximum atomic E-state index is 3.71. The van der Waals surface area contributed by atoms with E-state index in [0.717, 1.165) is 0 Å². The molecular weight excluding hydrogens is 170 g/mol. The number of nitrogens with zero attached hydrogens (tertiary/aromatic N) is 1. The van der Waals surface area contributed by atoms with Crippen LogP contribution in [0.2, 0.25) is 0 Å². The maximum absolute atomic E-state index is 3.71. The van der Waals surface area contributed by atoms with E-state index in [-0.39, 0.29) is 0 Å². The summed E-state index contributed by atoms with van der Waals surface area (Å²) in [5.41, 5.74) is 0. The van der Waals surface area contributed by atoms with E-state index < -0.39 is 0 Å². The van der Waals surface area contributed by atoms with Crippen LogP contribution in [0.25, 0.3) is 0 Å². The second kappa shape index (κ2) is 9.01. The summed E-state index contributed by atoms with van der Waals surface area (Å²) < 4.78 is 0. The molecule has 0 spiro atoms. The Morgan fingerprint density at radius 1 is 1.14 bits per heavy atom. The number of hydrogen-bond donors (Lipinski definition) is 0. The molecule has 82 valence electrons. The van der Waals surface area contributed by atoms with Crippen molar-refractivity contribution < 1.29 is 0 Å². The molecule has 0 saturated carbocycles. The average molecular weight is 195 g/mol. The molecule has 0 bridgehead atoms.